The zero-order chi connectivity index (χ0) is 15.0. The third-order valence-corrected chi connectivity index (χ3v) is 4.94. The Morgan fingerprint density at radius 1 is 1.24 bits per heavy atom. The lowest BCUT2D eigenvalue weighted by atomic mass is 10.2. The maximum atomic E-state index is 12.4. The molecule has 3 rings (SSSR count). The van der Waals surface area contributed by atoms with Crippen molar-refractivity contribution in [3.63, 3.8) is 0 Å². The molecule has 0 radical (unpaired) electrons. The second-order valence-corrected chi connectivity index (χ2v) is 6.75. The predicted octanol–water partition coefficient (Wildman–Crippen LogP) is 3.33. The van der Waals surface area contributed by atoms with E-state index in [9.17, 15) is 8.42 Å². The van der Waals surface area contributed by atoms with Crippen molar-refractivity contribution in [1.82, 2.24) is 10.2 Å². The molecule has 0 bridgehead atoms. The van der Waals surface area contributed by atoms with Gasteiger partial charge in [-0.15, -0.1) is 0 Å². The van der Waals surface area contributed by atoms with Gasteiger partial charge in [-0.2, -0.15) is 5.10 Å². The summed E-state index contributed by atoms with van der Waals surface area (Å²) >= 11 is 5.99. The lowest BCUT2D eigenvalue weighted by molar-refractivity contribution is 0.601. The minimum absolute atomic E-state index is 0.120. The van der Waals surface area contributed by atoms with Gasteiger partial charge >= 0.3 is 0 Å². The molecular formula is C14H12ClN3O2S. The summed E-state index contributed by atoms with van der Waals surface area (Å²) in [6.45, 7) is 1.82. The normalized spacial score (nSPS) is 11.7. The first-order valence-electron chi connectivity index (χ1n) is 6.18. The number of hydrogen-bond donors (Lipinski definition) is 2. The maximum Gasteiger partial charge on any atom is 0.262 e. The van der Waals surface area contributed by atoms with Crippen molar-refractivity contribution in [2.75, 3.05) is 4.72 Å². The van der Waals surface area contributed by atoms with Gasteiger partial charge < -0.3 is 0 Å². The largest absolute Gasteiger partial charge is 0.277 e. The Balaban J connectivity index is 2.03. The first-order chi connectivity index (χ1) is 9.97. The van der Waals surface area contributed by atoms with Crippen LogP contribution >= 0.6 is 11.6 Å². The molecule has 2 N–H and O–H groups in total. The number of anilines is 1. The van der Waals surface area contributed by atoms with Gasteiger partial charge in [-0.05, 0) is 30.7 Å². The number of para-hydroxylation sites is 1. The molecule has 0 aliphatic heterocycles. The molecule has 0 aliphatic carbocycles. The van der Waals surface area contributed by atoms with Crippen molar-refractivity contribution in [2.24, 2.45) is 0 Å². The molecule has 0 fully saturated rings. The molecule has 7 heteroatoms. The molecule has 21 heavy (non-hydrogen) atoms. The van der Waals surface area contributed by atoms with Crippen LogP contribution in [0.25, 0.3) is 10.9 Å². The summed E-state index contributed by atoms with van der Waals surface area (Å²) < 4.78 is 27.4. The Kier molecular flexibility index (Phi) is 3.35. The van der Waals surface area contributed by atoms with Crippen LogP contribution in [0.3, 0.4) is 0 Å². The van der Waals surface area contributed by atoms with E-state index in [0.717, 1.165) is 10.9 Å². The van der Waals surface area contributed by atoms with E-state index in [1.807, 2.05) is 13.0 Å². The van der Waals surface area contributed by atoms with Crippen molar-refractivity contribution in [1.29, 1.82) is 0 Å². The van der Waals surface area contributed by atoms with Crippen LogP contribution in [-0.2, 0) is 10.0 Å². The van der Waals surface area contributed by atoms with E-state index in [1.165, 1.54) is 12.1 Å². The fourth-order valence-corrected chi connectivity index (χ4v) is 3.34. The number of fused-ring (bicyclic) bond motifs is 1. The Morgan fingerprint density at radius 2 is 2.05 bits per heavy atom. The van der Waals surface area contributed by atoms with Gasteiger partial charge in [0.2, 0.25) is 0 Å². The van der Waals surface area contributed by atoms with Gasteiger partial charge in [0, 0.05) is 10.4 Å². The van der Waals surface area contributed by atoms with Crippen molar-refractivity contribution >= 4 is 38.2 Å². The average Bonchev–Trinajstić information content (AvgIpc) is 2.91. The Labute approximate surface area is 127 Å². The number of aromatic nitrogens is 2. The van der Waals surface area contributed by atoms with Crippen LogP contribution in [0, 0.1) is 6.92 Å². The molecule has 3 aromatic rings. The smallest absolute Gasteiger partial charge is 0.262 e. The number of aryl methyl sites for hydroxylation is 1. The molecule has 1 heterocycles. The van der Waals surface area contributed by atoms with Gasteiger partial charge in [0.1, 0.15) is 0 Å². The molecule has 0 atom stereocenters. The number of hydrogen-bond acceptors (Lipinski definition) is 3. The van der Waals surface area contributed by atoms with Gasteiger partial charge in [0.05, 0.1) is 22.3 Å². The van der Waals surface area contributed by atoms with Crippen LogP contribution in [0.15, 0.2) is 47.5 Å². The lowest BCUT2D eigenvalue weighted by Crippen LogP contribution is -2.13. The summed E-state index contributed by atoms with van der Waals surface area (Å²) in [6.07, 6.45) is 1.63. The topological polar surface area (TPSA) is 74.8 Å². The van der Waals surface area contributed by atoms with Crippen LogP contribution in [-0.4, -0.2) is 18.6 Å². The van der Waals surface area contributed by atoms with Gasteiger partial charge in [-0.25, -0.2) is 8.42 Å². The van der Waals surface area contributed by atoms with E-state index < -0.39 is 10.0 Å². The van der Waals surface area contributed by atoms with Crippen molar-refractivity contribution in [3.8, 4) is 0 Å². The molecule has 0 spiro atoms. The van der Waals surface area contributed by atoms with Crippen molar-refractivity contribution in [2.45, 2.75) is 11.8 Å². The minimum atomic E-state index is -3.70. The quantitative estimate of drug-likeness (QED) is 0.777. The van der Waals surface area contributed by atoms with Crippen molar-refractivity contribution < 1.29 is 8.42 Å². The highest BCUT2D eigenvalue weighted by Gasteiger charge is 2.17. The highest BCUT2D eigenvalue weighted by atomic mass is 35.5. The fourth-order valence-electron chi connectivity index (χ4n) is 2.00. The number of benzene rings is 2. The van der Waals surface area contributed by atoms with Crippen LogP contribution < -0.4 is 4.72 Å². The third-order valence-electron chi connectivity index (χ3n) is 3.17. The Hall–Kier alpha value is -2.05. The zero-order valence-electron chi connectivity index (χ0n) is 11.1. The van der Waals surface area contributed by atoms with Crippen LogP contribution in [0.5, 0.6) is 0 Å². The number of aromatic amines is 1. The van der Waals surface area contributed by atoms with E-state index in [1.54, 1.807) is 24.4 Å². The predicted molar refractivity (Wildman–Crippen MR) is 83.1 cm³/mol. The summed E-state index contributed by atoms with van der Waals surface area (Å²) in [5, 5.41) is 7.93. The van der Waals surface area contributed by atoms with Gasteiger partial charge in [0.25, 0.3) is 10.0 Å². The molecule has 0 aliphatic rings. The van der Waals surface area contributed by atoms with Gasteiger partial charge in [-0.1, -0.05) is 29.8 Å². The van der Waals surface area contributed by atoms with Crippen LogP contribution in [0.4, 0.5) is 5.69 Å². The summed E-state index contributed by atoms with van der Waals surface area (Å²) in [7, 11) is -3.70. The van der Waals surface area contributed by atoms with Crippen LogP contribution in [0.2, 0.25) is 5.02 Å². The zero-order valence-corrected chi connectivity index (χ0v) is 12.7. The number of halogens is 1. The Bertz CT molecular complexity index is 919. The summed E-state index contributed by atoms with van der Waals surface area (Å²) in [6, 6.07) is 9.92. The minimum Gasteiger partial charge on any atom is -0.277 e. The third kappa shape index (κ3) is 2.59. The highest BCUT2D eigenvalue weighted by molar-refractivity contribution is 7.92. The number of rotatable bonds is 3. The highest BCUT2D eigenvalue weighted by Crippen LogP contribution is 2.25. The van der Waals surface area contributed by atoms with E-state index >= 15 is 0 Å². The first-order valence-corrected chi connectivity index (χ1v) is 8.04. The fraction of sp³-hybridized carbons (Fsp3) is 0.0714. The van der Waals surface area contributed by atoms with Gasteiger partial charge in [-0.3, -0.25) is 9.82 Å². The molecule has 0 amide bonds. The molecule has 5 nitrogen and oxygen atoms in total. The number of nitrogens with one attached hydrogen (secondary N) is 2. The second-order valence-electron chi connectivity index (χ2n) is 4.66. The number of H-pyrrole nitrogens is 1. The lowest BCUT2D eigenvalue weighted by Gasteiger charge is -2.09. The van der Waals surface area contributed by atoms with E-state index in [2.05, 4.69) is 14.9 Å². The second kappa shape index (κ2) is 5.05. The summed E-state index contributed by atoms with van der Waals surface area (Å²) in [4.78, 5) is 0.120. The van der Waals surface area contributed by atoms with E-state index in [4.69, 9.17) is 11.6 Å². The first kappa shape index (κ1) is 13.9. The number of nitrogens with zero attached hydrogens (tertiary/aromatic N) is 1. The number of sulfonamides is 1. The summed E-state index contributed by atoms with van der Waals surface area (Å²) in [5.74, 6) is 0. The molecule has 108 valence electrons. The molecule has 2 aromatic carbocycles. The molecular weight excluding hydrogens is 310 g/mol. The monoisotopic (exact) mass is 321 g/mol. The molecule has 0 saturated carbocycles. The maximum absolute atomic E-state index is 12.4. The van der Waals surface area contributed by atoms with Crippen LogP contribution in [0.1, 0.15) is 5.56 Å². The van der Waals surface area contributed by atoms with E-state index in [0.29, 0.717) is 16.2 Å². The molecule has 0 saturated heterocycles. The average molecular weight is 322 g/mol. The van der Waals surface area contributed by atoms with Crippen molar-refractivity contribution in [3.05, 3.63) is 53.2 Å². The van der Waals surface area contributed by atoms with Gasteiger partial charge in [0.15, 0.2) is 0 Å². The molecule has 1 aromatic heterocycles. The summed E-state index contributed by atoms with van der Waals surface area (Å²) in [5.41, 5.74) is 1.91. The van der Waals surface area contributed by atoms with E-state index in [-0.39, 0.29) is 4.90 Å². The molecule has 0 unspecified atom stereocenters. The Morgan fingerprint density at radius 3 is 2.81 bits per heavy atom. The SMILES string of the molecule is Cc1ccc(S(=O)(=O)Nc2cccc3cn[nH]c23)cc1Cl. The standard InChI is InChI=1S/C14H12ClN3O2S/c1-9-5-6-11(7-12(9)15)21(19,20)18-13-4-2-3-10-8-16-17-14(10)13/h2-8,18H,1H3,(H,16,17).